The van der Waals surface area contributed by atoms with E-state index in [4.69, 9.17) is 10.5 Å². The van der Waals surface area contributed by atoms with Crippen LogP contribution in [-0.4, -0.2) is 17.3 Å². The van der Waals surface area contributed by atoms with Gasteiger partial charge in [-0.25, -0.2) is 4.79 Å². The van der Waals surface area contributed by atoms with Crippen LogP contribution in [0.1, 0.15) is 5.56 Å². The Bertz CT molecular complexity index is 689. The first-order chi connectivity index (χ1) is 9.17. The molecule has 0 radical (unpaired) electrons. The predicted molar refractivity (Wildman–Crippen MR) is 73.0 cm³/mol. The third kappa shape index (κ3) is 2.56. The molecular weight excluding hydrogens is 244 g/mol. The molecule has 0 unspecified atom stereocenters. The van der Waals surface area contributed by atoms with Gasteiger partial charge in [-0.2, -0.15) is 0 Å². The van der Waals surface area contributed by atoms with Gasteiger partial charge in [-0.05, 0) is 17.7 Å². The van der Waals surface area contributed by atoms with Crippen molar-refractivity contribution in [3.63, 3.8) is 0 Å². The number of hydrogen-bond acceptors (Lipinski definition) is 4. The smallest absolute Gasteiger partial charge is 0.418 e. The van der Waals surface area contributed by atoms with Gasteiger partial charge < -0.3 is 10.5 Å². The second kappa shape index (κ2) is 5.49. The Balaban J connectivity index is 2.57. The number of hydrogen-bond donors (Lipinski definition) is 1. The lowest BCUT2D eigenvalue weighted by atomic mass is 10.1. The summed E-state index contributed by atoms with van der Waals surface area (Å²) in [5.74, 6) is 0. The van der Waals surface area contributed by atoms with Gasteiger partial charge in [-0.15, -0.1) is 0 Å². The Labute approximate surface area is 109 Å². The zero-order valence-electron chi connectivity index (χ0n) is 10.3. The molecule has 2 rings (SSSR count). The summed E-state index contributed by atoms with van der Waals surface area (Å²) >= 11 is 0. The van der Waals surface area contributed by atoms with Crippen LogP contribution in [0.15, 0.2) is 47.9 Å². The summed E-state index contributed by atoms with van der Waals surface area (Å²) in [5, 5.41) is 0.445. The van der Waals surface area contributed by atoms with Gasteiger partial charge in [0.05, 0.1) is 5.52 Å². The fourth-order valence-electron chi connectivity index (χ4n) is 1.79. The average Bonchev–Trinajstić information content (AvgIpc) is 2.45. The second-order valence-corrected chi connectivity index (χ2v) is 3.97. The van der Waals surface area contributed by atoms with Crippen molar-refractivity contribution in [3.05, 3.63) is 58.9 Å². The number of nitrogens with zero attached hydrogens (tertiary/aromatic N) is 1. The molecule has 19 heavy (non-hydrogen) atoms. The molecule has 2 N–H and O–H groups in total. The number of rotatable bonds is 3. The number of pyridine rings is 1. The van der Waals surface area contributed by atoms with Crippen molar-refractivity contribution in [2.75, 3.05) is 6.61 Å². The van der Waals surface area contributed by atoms with Crippen molar-refractivity contribution in [1.82, 2.24) is 4.57 Å². The van der Waals surface area contributed by atoms with E-state index in [1.807, 2.05) is 0 Å². The van der Waals surface area contributed by atoms with E-state index in [1.54, 1.807) is 18.2 Å². The Morgan fingerprint density at radius 3 is 2.89 bits per heavy atom. The lowest BCUT2D eigenvalue weighted by Gasteiger charge is -2.09. The number of fused-ring (bicyclic) bond motifs is 1. The van der Waals surface area contributed by atoms with E-state index in [0.717, 1.165) is 5.56 Å². The number of nitrogens with two attached hydrogens (primary N) is 1. The molecule has 0 amide bonds. The molecule has 0 aliphatic rings. The maximum atomic E-state index is 11.8. The van der Waals surface area contributed by atoms with Crippen LogP contribution in [-0.2, 0) is 11.3 Å². The number of benzene rings is 1. The average molecular weight is 258 g/mol. The van der Waals surface area contributed by atoms with Crippen LogP contribution in [0.3, 0.4) is 0 Å². The number of carbonyl (C=O) groups excluding carboxylic acids is 1. The molecule has 5 nitrogen and oxygen atoms in total. The first-order valence-corrected chi connectivity index (χ1v) is 5.79. The molecule has 0 saturated heterocycles. The standard InChI is InChI=1S/C14H14N2O3/c1-2-7-19-14(18)16-6-5-13(17)11-8-10(9-15)3-4-12(11)16/h2-6,8H,1,7,9,15H2. The summed E-state index contributed by atoms with van der Waals surface area (Å²) in [5.41, 5.74) is 6.72. The van der Waals surface area contributed by atoms with E-state index < -0.39 is 6.09 Å². The van der Waals surface area contributed by atoms with Crippen LogP contribution in [0.4, 0.5) is 4.79 Å². The van der Waals surface area contributed by atoms with Crippen LogP contribution < -0.4 is 11.2 Å². The van der Waals surface area contributed by atoms with E-state index in [-0.39, 0.29) is 12.0 Å². The molecule has 5 heteroatoms. The first-order valence-electron chi connectivity index (χ1n) is 5.79. The van der Waals surface area contributed by atoms with Crippen LogP contribution >= 0.6 is 0 Å². The highest BCUT2D eigenvalue weighted by Crippen LogP contribution is 2.13. The SMILES string of the molecule is C=CCOC(=O)n1ccc(=O)c2cc(CN)ccc21. The highest BCUT2D eigenvalue weighted by atomic mass is 16.5. The minimum absolute atomic E-state index is 0.118. The van der Waals surface area contributed by atoms with E-state index in [1.165, 1.54) is 22.9 Å². The minimum atomic E-state index is -0.551. The number of carbonyl (C=O) groups is 1. The predicted octanol–water partition coefficient (Wildman–Crippen LogP) is 1.63. The summed E-state index contributed by atoms with van der Waals surface area (Å²) in [7, 11) is 0. The van der Waals surface area contributed by atoms with Gasteiger partial charge in [0.2, 0.25) is 0 Å². The summed E-state index contributed by atoms with van der Waals surface area (Å²) in [6, 6.07) is 6.49. The Morgan fingerprint density at radius 1 is 1.42 bits per heavy atom. The van der Waals surface area contributed by atoms with E-state index in [0.29, 0.717) is 17.4 Å². The Hall–Kier alpha value is -2.40. The zero-order chi connectivity index (χ0) is 13.8. The lowest BCUT2D eigenvalue weighted by molar-refractivity contribution is 0.161. The third-order valence-corrected chi connectivity index (χ3v) is 2.72. The van der Waals surface area contributed by atoms with E-state index in [9.17, 15) is 9.59 Å². The van der Waals surface area contributed by atoms with Crippen molar-refractivity contribution in [2.45, 2.75) is 6.54 Å². The monoisotopic (exact) mass is 258 g/mol. The molecule has 0 spiro atoms. The first kappa shape index (κ1) is 13.0. The van der Waals surface area contributed by atoms with Crippen LogP contribution in [0.25, 0.3) is 10.9 Å². The van der Waals surface area contributed by atoms with Crippen molar-refractivity contribution in [3.8, 4) is 0 Å². The van der Waals surface area contributed by atoms with Gasteiger partial charge >= 0.3 is 6.09 Å². The quantitative estimate of drug-likeness (QED) is 0.849. The van der Waals surface area contributed by atoms with Crippen molar-refractivity contribution in [1.29, 1.82) is 0 Å². The molecule has 1 heterocycles. The molecule has 0 bridgehead atoms. The highest BCUT2D eigenvalue weighted by molar-refractivity contribution is 5.88. The second-order valence-electron chi connectivity index (χ2n) is 3.97. The zero-order valence-corrected chi connectivity index (χ0v) is 10.3. The van der Waals surface area contributed by atoms with E-state index in [2.05, 4.69) is 6.58 Å². The summed E-state index contributed by atoms with van der Waals surface area (Å²) in [6.45, 7) is 3.93. The normalized spacial score (nSPS) is 10.4. The molecule has 0 saturated carbocycles. The summed E-state index contributed by atoms with van der Waals surface area (Å²) in [6.07, 6.45) is 2.33. The van der Waals surface area contributed by atoms with Gasteiger partial charge in [0.15, 0.2) is 5.43 Å². The van der Waals surface area contributed by atoms with Crippen LogP contribution in [0.5, 0.6) is 0 Å². The Morgan fingerprint density at radius 2 is 2.21 bits per heavy atom. The van der Waals surface area contributed by atoms with Gasteiger partial charge in [0.25, 0.3) is 0 Å². The molecule has 0 fully saturated rings. The van der Waals surface area contributed by atoms with Gasteiger partial charge in [-0.3, -0.25) is 9.36 Å². The minimum Gasteiger partial charge on any atom is -0.445 e. The molecule has 0 aliphatic carbocycles. The summed E-state index contributed by atoms with van der Waals surface area (Å²) in [4.78, 5) is 23.7. The third-order valence-electron chi connectivity index (χ3n) is 2.72. The lowest BCUT2D eigenvalue weighted by Crippen LogP contribution is -2.17. The maximum absolute atomic E-state index is 11.8. The van der Waals surface area contributed by atoms with Gasteiger partial charge in [0, 0.05) is 24.2 Å². The molecule has 2 aromatic rings. The summed E-state index contributed by atoms with van der Waals surface area (Å²) < 4.78 is 6.25. The molecular formula is C14H14N2O3. The van der Waals surface area contributed by atoms with E-state index >= 15 is 0 Å². The van der Waals surface area contributed by atoms with Crippen molar-refractivity contribution in [2.24, 2.45) is 5.73 Å². The number of ether oxygens (including phenoxy) is 1. The van der Waals surface area contributed by atoms with Crippen LogP contribution in [0.2, 0.25) is 0 Å². The Kier molecular flexibility index (Phi) is 3.77. The fourth-order valence-corrected chi connectivity index (χ4v) is 1.79. The molecule has 1 aromatic carbocycles. The maximum Gasteiger partial charge on any atom is 0.418 e. The molecule has 1 aromatic heterocycles. The fraction of sp³-hybridized carbons (Fsp3) is 0.143. The topological polar surface area (TPSA) is 74.3 Å². The van der Waals surface area contributed by atoms with Crippen LogP contribution in [0, 0.1) is 0 Å². The molecule has 0 atom stereocenters. The molecule has 0 aliphatic heterocycles. The van der Waals surface area contributed by atoms with Gasteiger partial charge in [0.1, 0.15) is 6.61 Å². The van der Waals surface area contributed by atoms with Crippen molar-refractivity contribution < 1.29 is 9.53 Å². The highest BCUT2D eigenvalue weighted by Gasteiger charge is 2.10. The van der Waals surface area contributed by atoms with Crippen molar-refractivity contribution >= 4 is 17.0 Å². The number of aromatic nitrogens is 1. The van der Waals surface area contributed by atoms with Gasteiger partial charge in [-0.1, -0.05) is 18.7 Å². The largest absolute Gasteiger partial charge is 0.445 e. The molecule has 98 valence electrons.